The minimum atomic E-state index is 0.161. The van der Waals surface area contributed by atoms with Crippen molar-refractivity contribution in [1.82, 2.24) is 9.97 Å². The number of fused-ring (bicyclic) bond motifs is 1. The molecule has 5 heteroatoms. The second kappa shape index (κ2) is 5.01. The normalized spacial score (nSPS) is 19.8. The van der Waals surface area contributed by atoms with Crippen LogP contribution >= 0.6 is 0 Å². The number of benzene rings is 1. The van der Waals surface area contributed by atoms with Crippen LogP contribution in [-0.4, -0.2) is 34.3 Å². The van der Waals surface area contributed by atoms with Gasteiger partial charge in [-0.3, -0.25) is 4.98 Å². The summed E-state index contributed by atoms with van der Waals surface area (Å²) >= 11 is 0. The molecular formula is C14H18N4O. The fraction of sp³-hybridized carbons (Fsp3) is 0.429. The Hall–Kier alpha value is -1.88. The van der Waals surface area contributed by atoms with Crippen LogP contribution in [-0.2, 0) is 0 Å². The summed E-state index contributed by atoms with van der Waals surface area (Å²) in [5.74, 6) is 0.844. The number of aliphatic hydroxyl groups is 1. The van der Waals surface area contributed by atoms with E-state index in [-0.39, 0.29) is 12.6 Å². The molecule has 2 heterocycles. The zero-order valence-electron chi connectivity index (χ0n) is 10.8. The van der Waals surface area contributed by atoms with E-state index in [1.165, 1.54) is 6.42 Å². The lowest BCUT2D eigenvalue weighted by molar-refractivity contribution is 0.239. The van der Waals surface area contributed by atoms with Gasteiger partial charge < -0.3 is 15.7 Å². The molecule has 1 aromatic heterocycles. The van der Waals surface area contributed by atoms with Crippen LogP contribution in [0.15, 0.2) is 24.4 Å². The van der Waals surface area contributed by atoms with Crippen molar-refractivity contribution in [3.8, 4) is 0 Å². The van der Waals surface area contributed by atoms with Gasteiger partial charge in [0.1, 0.15) is 5.82 Å². The van der Waals surface area contributed by atoms with Gasteiger partial charge in [0, 0.05) is 12.2 Å². The third-order valence-electron chi connectivity index (χ3n) is 3.69. The van der Waals surface area contributed by atoms with Gasteiger partial charge in [-0.1, -0.05) is 0 Å². The zero-order chi connectivity index (χ0) is 13.2. The van der Waals surface area contributed by atoms with E-state index in [1.54, 1.807) is 6.20 Å². The Balaban J connectivity index is 1.97. The summed E-state index contributed by atoms with van der Waals surface area (Å²) in [7, 11) is 0. The smallest absolute Gasteiger partial charge is 0.148 e. The van der Waals surface area contributed by atoms with Crippen LogP contribution in [0, 0.1) is 0 Å². The molecule has 3 rings (SSSR count). The lowest BCUT2D eigenvalue weighted by Gasteiger charge is -2.35. The van der Waals surface area contributed by atoms with Crippen molar-refractivity contribution in [2.24, 2.45) is 0 Å². The molecule has 1 aliphatic rings. The number of piperidine rings is 1. The molecule has 1 saturated heterocycles. The number of nitrogens with two attached hydrogens (primary N) is 1. The average Bonchev–Trinajstić information content (AvgIpc) is 2.46. The predicted molar refractivity (Wildman–Crippen MR) is 76.0 cm³/mol. The molecule has 0 aliphatic carbocycles. The van der Waals surface area contributed by atoms with Gasteiger partial charge in [-0.2, -0.15) is 0 Å². The lowest BCUT2D eigenvalue weighted by Crippen LogP contribution is -2.42. The Morgan fingerprint density at radius 1 is 1.32 bits per heavy atom. The SMILES string of the molecule is Nc1ccc2nc(N3CCCCC3CO)cnc2c1. The summed E-state index contributed by atoms with van der Waals surface area (Å²) < 4.78 is 0. The Morgan fingerprint density at radius 3 is 3.05 bits per heavy atom. The summed E-state index contributed by atoms with van der Waals surface area (Å²) in [6.45, 7) is 1.10. The number of aromatic nitrogens is 2. The highest BCUT2D eigenvalue weighted by Gasteiger charge is 2.23. The maximum absolute atomic E-state index is 9.47. The molecule has 0 amide bonds. The number of nitrogen functional groups attached to an aromatic ring is 1. The van der Waals surface area contributed by atoms with Crippen LogP contribution in [0.1, 0.15) is 19.3 Å². The maximum atomic E-state index is 9.47. The predicted octanol–water partition coefficient (Wildman–Crippen LogP) is 1.56. The van der Waals surface area contributed by atoms with Gasteiger partial charge in [0.25, 0.3) is 0 Å². The van der Waals surface area contributed by atoms with E-state index in [2.05, 4.69) is 14.9 Å². The Labute approximate surface area is 112 Å². The molecule has 19 heavy (non-hydrogen) atoms. The zero-order valence-corrected chi connectivity index (χ0v) is 10.8. The molecule has 1 atom stereocenters. The van der Waals surface area contributed by atoms with Crippen molar-refractivity contribution < 1.29 is 5.11 Å². The summed E-state index contributed by atoms with van der Waals surface area (Å²) in [4.78, 5) is 11.2. The monoisotopic (exact) mass is 258 g/mol. The highest BCUT2D eigenvalue weighted by molar-refractivity contribution is 5.79. The minimum Gasteiger partial charge on any atom is -0.399 e. The van der Waals surface area contributed by atoms with Crippen LogP contribution in [0.2, 0.25) is 0 Å². The van der Waals surface area contributed by atoms with Crippen LogP contribution < -0.4 is 10.6 Å². The third kappa shape index (κ3) is 2.33. The topological polar surface area (TPSA) is 75.3 Å². The number of hydrogen-bond donors (Lipinski definition) is 2. The maximum Gasteiger partial charge on any atom is 0.148 e. The number of rotatable bonds is 2. The number of hydrogen-bond acceptors (Lipinski definition) is 5. The van der Waals surface area contributed by atoms with Gasteiger partial charge in [0.2, 0.25) is 0 Å². The van der Waals surface area contributed by atoms with Gasteiger partial charge in [-0.05, 0) is 37.5 Å². The fourth-order valence-electron chi connectivity index (χ4n) is 2.65. The fourth-order valence-corrected chi connectivity index (χ4v) is 2.65. The lowest BCUT2D eigenvalue weighted by atomic mass is 10.0. The van der Waals surface area contributed by atoms with E-state index in [4.69, 9.17) is 5.73 Å². The highest BCUT2D eigenvalue weighted by atomic mass is 16.3. The van der Waals surface area contributed by atoms with E-state index < -0.39 is 0 Å². The molecule has 100 valence electrons. The standard InChI is InChI=1S/C14H18N4O/c15-10-4-5-12-13(7-10)16-8-14(17-12)18-6-2-1-3-11(18)9-19/h4-5,7-8,11,19H,1-3,6,9,15H2. The second-order valence-electron chi connectivity index (χ2n) is 5.00. The molecule has 1 unspecified atom stereocenters. The Kier molecular flexibility index (Phi) is 3.21. The number of aliphatic hydroxyl groups excluding tert-OH is 1. The first-order valence-corrected chi connectivity index (χ1v) is 6.68. The van der Waals surface area contributed by atoms with E-state index in [0.717, 1.165) is 36.2 Å². The molecule has 0 saturated carbocycles. The van der Waals surface area contributed by atoms with Crippen LogP contribution in [0.25, 0.3) is 11.0 Å². The van der Waals surface area contributed by atoms with Crippen molar-refractivity contribution in [2.45, 2.75) is 25.3 Å². The van der Waals surface area contributed by atoms with Crippen LogP contribution in [0.3, 0.4) is 0 Å². The van der Waals surface area contributed by atoms with Crippen molar-refractivity contribution in [2.75, 3.05) is 23.8 Å². The first kappa shape index (κ1) is 12.2. The van der Waals surface area contributed by atoms with E-state index in [1.807, 2.05) is 18.2 Å². The summed E-state index contributed by atoms with van der Waals surface area (Å²) in [6.07, 6.45) is 5.09. The molecule has 5 nitrogen and oxygen atoms in total. The third-order valence-corrected chi connectivity index (χ3v) is 3.69. The van der Waals surface area contributed by atoms with Crippen molar-refractivity contribution in [3.05, 3.63) is 24.4 Å². The number of anilines is 2. The molecule has 2 aromatic rings. The second-order valence-corrected chi connectivity index (χ2v) is 5.00. The summed E-state index contributed by atoms with van der Waals surface area (Å²) in [6, 6.07) is 5.71. The van der Waals surface area contributed by atoms with Gasteiger partial charge in [-0.15, -0.1) is 0 Å². The van der Waals surface area contributed by atoms with Gasteiger partial charge in [-0.25, -0.2) is 4.98 Å². The molecule has 0 bridgehead atoms. The Bertz CT molecular complexity index is 587. The van der Waals surface area contributed by atoms with Crippen molar-refractivity contribution >= 4 is 22.5 Å². The van der Waals surface area contributed by atoms with Crippen LogP contribution in [0.5, 0.6) is 0 Å². The molecule has 0 radical (unpaired) electrons. The molecular weight excluding hydrogens is 240 g/mol. The first-order valence-electron chi connectivity index (χ1n) is 6.68. The summed E-state index contributed by atoms with van der Waals surface area (Å²) in [5.41, 5.74) is 8.08. The van der Waals surface area contributed by atoms with Gasteiger partial charge in [0.15, 0.2) is 0 Å². The average molecular weight is 258 g/mol. The number of nitrogens with zero attached hydrogens (tertiary/aromatic N) is 3. The quantitative estimate of drug-likeness (QED) is 0.800. The molecule has 3 N–H and O–H groups in total. The molecule has 0 spiro atoms. The minimum absolute atomic E-state index is 0.161. The van der Waals surface area contributed by atoms with Gasteiger partial charge >= 0.3 is 0 Å². The summed E-state index contributed by atoms with van der Waals surface area (Å²) in [5, 5.41) is 9.47. The van der Waals surface area contributed by atoms with Crippen molar-refractivity contribution in [3.63, 3.8) is 0 Å². The Morgan fingerprint density at radius 2 is 2.21 bits per heavy atom. The largest absolute Gasteiger partial charge is 0.399 e. The molecule has 1 aromatic carbocycles. The van der Waals surface area contributed by atoms with Gasteiger partial charge in [0.05, 0.1) is 29.9 Å². The van der Waals surface area contributed by atoms with E-state index >= 15 is 0 Å². The highest BCUT2D eigenvalue weighted by Crippen LogP contribution is 2.24. The first-order chi connectivity index (χ1) is 9.28. The van der Waals surface area contributed by atoms with E-state index in [9.17, 15) is 5.11 Å². The van der Waals surface area contributed by atoms with E-state index in [0.29, 0.717) is 5.69 Å². The molecule has 1 fully saturated rings. The molecule has 1 aliphatic heterocycles. The van der Waals surface area contributed by atoms with Crippen molar-refractivity contribution in [1.29, 1.82) is 0 Å². The van der Waals surface area contributed by atoms with Crippen LogP contribution in [0.4, 0.5) is 11.5 Å².